The van der Waals surface area contributed by atoms with Crippen molar-refractivity contribution in [1.29, 1.82) is 0 Å². The number of amides is 1. The van der Waals surface area contributed by atoms with Crippen LogP contribution in [0.1, 0.15) is 34.3 Å². The van der Waals surface area contributed by atoms with Gasteiger partial charge in [0.25, 0.3) is 5.91 Å². The summed E-state index contributed by atoms with van der Waals surface area (Å²) in [4.78, 5) is 15.5. The SMILES string of the molecule is O=C(NCC1CCCN(C2Cc3ccccc3C2)C1)c1cccc2ccccc12. The quantitative estimate of drug-likeness (QED) is 0.721. The highest BCUT2D eigenvalue weighted by molar-refractivity contribution is 6.06. The Hall–Kier alpha value is -2.65. The third-order valence-corrected chi connectivity index (χ3v) is 6.68. The topological polar surface area (TPSA) is 32.3 Å². The monoisotopic (exact) mass is 384 g/mol. The lowest BCUT2D eigenvalue weighted by molar-refractivity contribution is 0.0916. The maximum atomic E-state index is 12.9. The molecule has 2 aliphatic rings. The first-order valence-electron chi connectivity index (χ1n) is 10.8. The standard InChI is InChI=1S/C26H28N2O/c29-26(25-13-5-11-20-8-3-4-12-24(20)25)27-17-19-7-6-14-28(18-19)23-15-21-9-1-2-10-22(21)16-23/h1-5,8-13,19,23H,6-7,14-18H2,(H,27,29). The van der Waals surface area contributed by atoms with Gasteiger partial charge in [-0.25, -0.2) is 0 Å². The van der Waals surface area contributed by atoms with E-state index in [0.29, 0.717) is 12.0 Å². The average Bonchev–Trinajstić information content (AvgIpc) is 3.22. The second-order valence-corrected chi connectivity index (χ2v) is 8.57. The summed E-state index contributed by atoms with van der Waals surface area (Å²) in [7, 11) is 0. The molecule has 3 aromatic carbocycles. The van der Waals surface area contributed by atoms with Crippen LogP contribution in [0, 0.1) is 5.92 Å². The maximum absolute atomic E-state index is 12.9. The van der Waals surface area contributed by atoms with Crippen molar-refractivity contribution in [3.05, 3.63) is 83.4 Å². The van der Waals surface area contributed by atoms with Gasteiger partial charge in [0.15, 0.2) is 0 Å². The minimum atomic E-state index is 0.0483. The largest absolute Gasteiger partial charge is 0.352 e. The number of rotatable bonds is 4. The molecule has 1 aliphatic heterocycles. The second kappa shape index (κ2) is 8.00. The molecule has 1 fully saturated rings. The van der Waals surface area contributed by atoms with E-state index in [1.54, 1.807) is 0 Å². The summed E-state index contributed by atoms with van der Waals surface area (Å²) in [6, 6.07) is 23.6. The van der Waals surface area contributed by atoms with Gasteiger partial charge in [-0.05, 0) is 66.1 Å². The fourth-order valence-corrected chi connectivity index (χ4v) is 5.15. The van der Waals surface area contributed by atoms with E-state index in [2.05, 4.69) is 46.6 Å². The molecule has 1 atom stereocenters. The molecule has 0 aromatic heterocycles. The van der Waals surface area contributed by atoms with Crippen LogP contribution in [-0.2, 0) is 12.8 Å². The molecule has 1 aliphatic carbocycles. The van der Waals surface area contributed by atoms with E-state index in [1.807, 2.05) is 30.3 Å². The number of nitrogens with zero attached hydrogens (tertiary/aromatic N) is 1. The van der Waals surface area contributed by atoms with E-state index in [1.165, 1.54) is 43.4 Å². The Kier molecular flexibility index (Phi) is 5.07. The molecule has 29 heavy (non-hydrogen) atoms. The normalized spacial score (nSPS) is 19.9. The van der Waals surface area contributed by atoms with Crippen molar-refractivity contribution >= 4 is 16.7 Å². The number of hydrogen-bond donors (Lipinski definition) is 1. The molecular formula is C26H28N2O. The highest BCUT2D eigenvalue weighted by atomic mass is 16.1. The lowest BCUT2D eigenvalue weighted by Crippen LogP contribution is -2.46. The van der Waals surface area contributed by atoms with Gasteiger partial charge in [-0.3, -0.25) is 9.69 Å². The molecular weight excluding hydrogens is 356 g/mol. The van der Waals surface area contributed by atoms with Gasteiger partial charge >= 0.3 is 0 Å². The molecule has 1 unspecified atom stereocenters. The van der Waals surface area contributed by atoms with Crippen molar-refractivity contribution in [2.24, 2.45) is 5.92 Å². The minimum Gasteiger partial charge on any atom is -0.352 e. The van der Waals surface area contributed by atoms with Gasteiger partial charge in [0.1, 0.15) is 0 Å². The van der Waals surface area contributed by atoms with Gasteiger partial charge in [0.05, 0.1) is 0 Å². The number of nitrogens with one attached hydrogen (secondary N) is 1. The maximum Gasteiger partial charge on any atom is 0.251 e. The van der Waals surface area contributed by atoms with Crippen LogP contribution < -0.4 is 5.32 Å². The summed E-state index contributed by atoms with van der Waals surface area (Å²) in [5, 5.41) is 5.37. The Labute approximate surface area is 172 Å². The molecule has 148 valence electrons. The smallest absolute Gasteiger partial charge is 0.251 e. The zero-order chi connectivity index (χ0) is 19.6. The van der Waals surface area contributed by atoms with Crippen LogP contribution in [-0.4, -0.2) is 36.5 Å². The summed E-state index contributed by atoms with van der Waals surface area (Å²) in [6.45, 7) is 3.04. The van der Waals surface area contributed by atoms with Gasteiger partial charge in [-0.15, -0.1) is 0 Å². The van der Waals surface area contributed by atoms with E-state index in [9.17, 15) is 4.79 Å². The number of likely N-dealkylation sites (tertiary alicyclic amines) is 1. The average molecular weight is 385 g/mol. The molecule has 0 radical (unpaired) electrons. The van der Waals surface area contributed by atoms with Crippen LogP contribution in [0.4, 0.5) is 0 Å². The van der Waals surface area contributed by atoms with Crippen LogP contribution in [0.15, 0.2) is 66.7 Å². The highest BCUT2D eigenvalue weighted by Gasteiger charge is 2.30. The molecule has 5 rings (SSSR count). The number of carbonyl (C=O) groups is 1. The molecule has 0 spiro atoms. The first kappa shape index (κ1) is 18.4. The zero-order valence-corrected chi connectivity index (χ0v) is 16.8. The molecule has 1 saturated heterocycles. The number of hydrogen-bond acceptors (Lipinski definition) is 2. The number of carbonyl (C=O) groups excluding carboxylic acids is 1. The van der Waals surface area contributed by atoms with Crippen LogP contribution in [0.2, 0.25) is 0 Å². The highest BCUT2D eigenvalue weighted by Crippen LogP contribution is 2.28. The number of benzene rings is 3. The summed E-state index contributed by atoms with van der Waals surface area (Å²) in [5.41, 5.74) is 3.81. The van der Waals surface area contributed by atoms with Crippen molar-refractivity contribution < 1.29 is 4.79 Å². The van der Waals surface area contributed by atoms with Gasteiger partial charge in [-0.1, -0.05) is 60.7 Å². The van der Waals surface area contributed by atoms with Crippen LogP contribution >= 0.6 is 0 Å². The summed E-state index contributed by atoms with van der Waals surface area (Å²) >= 11 is 0. The van der Waals surface area contributed by atoms with Crippen molar-refractivity contribution in [2.45, 2.75) is 31.7 Å². The Balaban J connectivity index is 1.21. The Morgan fingerprint density at radius 2 is 1.66 bits per heavy atom. The van der Waals surface area contributed by atoms with E-state index < -0.39 is 0 Å². The minimum absolute atomic E-state index is 0.0483. The first-order chi connectivity index (χ1) is 14.3. The lowest BCUT2D eigenvalue weighted by Gasteiger charge is -2.37. The van der Waals surface area contributed by atoms with E-state index >= 15 is 0 Å². The third-order valence-electron chi connectivity index (χ3n) is 6.68. The van der Waals surface area contributed by atoms with Gasteiger partial charge in [0, 0.05) is 24.7 Å². The van der Waals surface area contributed by atoms with Crippen molar-refractivity contribution in [3.63, 3.8) is 0 Å². The van der Waals surface area contributed by atoms with Crippen LogP contribution in [0.25, 0.3) is 10.8 Å². The number of piperidine rings is 1. The van der Waals surface area contributed by atoms with Crippen molar-refractivity contribution in [2.75, 3.05) is 19.6 Å². The molecule has 0 bridgehead atoms. The van der Waals surface area contributed by atoms with Crippen LogP contribution in [0.3, 0.4) is 0 Å². The summed E-state index contributed by atoms with van der Waals surface area (Å²) in [6.07, 6.45) is 4.77. The fraction of sp³-hybridized carbons (Fsp3) is 0.346. The van der Waals surface area contributed by atoms with Crippen molar-refractivity contribution in [3.8, 4) is 0 Å². The number of fused-ring (bicyclic) bond motifs is 2. The molecule has 1 N–H and O–H groups in total. The Bertz CT molecular complexity index is 998. The van der Waals surface area contributed by atoms with Gasteiger partial charge in [-0.2, -0.15) is 0 Å². The molecule has 3 aromatic rings. The van der Waals surface area contributed by atoms with Gasteiger partial charge < -0.3 is 5.32 Å². The van der Waals surface area contributed by atoms with E-state index in [-0.39, 0.29) is 5.91 Å². The van der Waals surface area contributed by atoms with E-state index in [4.69, 9.17) is 0 Å². The zero-order valence-electron chi connectivity index (χ0n) is 16.8. The lowest BCUT2D eigenvalue weighted by atomic mass is 9.95. The predicted molar refractivity (Wildman–Crippen MR) is 118 cm³/mol. The van der Waals surface area contributed by atoms with Crippen LogP contribution in [0.5, 0.6) is 0 Å². The predicted octanol–water partition coefficient (Wildman–Crippen LogP) is 4.45. The fourth-order valence-electron chi connectivity index (χ4n) is 5.15. The molecule has 0 saturated carbocycles. The molecule has 3 heteroatoms. The Morgan fingerprint density at radius 3 is 2.48 bits per heavy atom. The second-order valence-electron chi connectivity index (χ2n) is 8.57. The van der Waals surface area contributed by atoms with Crippen molar-refractivity contribution in [1.82, 2.24) is 10.2 Å². The molecule has 1 heterocycles. The molecule has 3 nitrogen and oxygen atoms in total. The first-order valence-corrected chi connectivity index (χ1v) is 10.8. The van der Waals surface area contributed by atoms with E-state index in [0.717, 1.165) is 29.4 Å². The molecule has 1 amide bonds. The summed E-state index contributed by atoms with van der Waals surface area (Å²) in [5.74, 6) is 0.582. The summed E-state index contributed by atoms with van der Waals surface area (Å²) < 4.78 is 0. The third kappa shape index (κ3) is 3.79. The van der Waals surface area contributed by atoms with Gasteiger partial charge in [0.2, 0.25) is 0 Å². The Morgan fingerprint density at radius 1 is 0.931 bits per heavy atom.